The Balaban J connectivity index is 3.66. The molecule has 2 N–H and O–H groups in total. The van der Waals surface area contributed by atoms with Crippen molar-refractivity contribution in [3.8, 4) is 0 Å². The number of benzene rings is 1. The lowest BCUT2D eigenvalue weighted by molar-refractivity contribution is -0.148. The first-order chi connectivity index (χ1) is 20.0. The standard InChI is InChI=1S/C27H32I3NO12/c1-12(32)27(39)31-26-24(29)21(19(37)6-17(8-40-13(2)33)9-41-14(3)34)23(28)22(25(26)30)20(38)7-18(10-42-15(4)35)11-43-16(5)36/h12,17-18,32H,6-11H2,1-5H3,(H,31,39)/t12-/m0/s1. The number of esters is 4. The van der Waals surface area contributed by atoms with Gasteiger partial charge in [0, 0.05) is 74.2 Å². The minimum Gasteiger partial charge on any atom is -0.465 e. The lowest BCUT2D eigenvalue weighted by Crippen LogP contribution is -2.28. The number of Topliss-reactive ketones (excluding diaryl/α,β-unsaturated/α-hetero) is 2. The summed E-state index contributed by atoms with van der Waals surface area (Å²) in [5, 5.41) is 12.4. The molecule has 0 saturated carbocycles. The molecule has 1 rings (SSSR count). The Morgan fingerprint density at radius 2 is 0.930 bits per heavy atom. The number of ether oxygens (including phenoxy) is 4. The van der Waals surface area contributed by atoms with E-state index < -0.39 is 59.3 Å². The lowest BCUT2D eigenvalue weighted by Gasteiger charge is -2.22. The fourth-order valence-electron chi connectivity index (χ4n) is 3.49. The smallest absolute Gasteiger partial charge is 0.302 e. The van der Waals surface area contributed by atoms with Gasteiger partial charge >= 0.3 is 23.9 Å². The van der Waals surface area contributed by atoms with Crippen LogP contribution in [0.3, 0.4) is 0 Å². The number of carbonyl (C=O) groups excluding carboxylic acids is 7. The zero-order chi connectivity index (χ0) is 33.0. The fraction of sp³-hybridized carbons (Fsp3) is 0.519. The summed E-state index contributed by atoms with van der Waals surface area (Å²) in [6.07, 6.45) is -1.89. The Kier molecular flexibility index (Phi) is 17.1. The topological polar surface area (TPSA) is 189 Å². The van der Waals surface area contributed by atoms with Crippen LogP contribution < -0.4 is 5.32 Å². The molecule has 13 nitrogen and oxygen atoms in total. The van der Waals surface area contributed by atoms with Crippen LogP contribution in [0.1, 0.15) is 68.2 Å². The van der Waals surface area contributed by atoms with E-state index in [2.05, 4.69) is 5.32 Å². The maximum atomic E-state index is 13.7. The summed E-state index contributed by atoms with van der Waals surface area (Å²) < 4.78 is 21.0. The fourth-order valence-corrected chi connectivity index (χ4v) is 8.13. The number of rotatable bonds is 16. The molecule has 1 atom stereocenters. The summed E-state index contributed by atoms with van der Waals surface area (Å²) in [5.74, 6) is -5.55. The minimum atomic E-state index is -1.40. The highest BCUT2D eigenvalue weighted by Crippen LogP contribution is 2.38. The number of aliphatic hydroxyl groups is 1. The summed E-state index contributed by atoms with van der Waals surface area (Å²) >= 11 is 5.57. The Hall–Kier alpha value is -1.94. The van der Waals surface area contributed by atoms with Gasteiger partial charge < -0.3 is 29.4 Å². The van der Waals surface area contributed by atoms with Gasteiger partial charge in [-0.3, -0.25) is 33.6 Å². The van der Waals surface area contributed by atoms with Crippen LogP contribution in [0.4, 0.5) is 5.69 Å². The first-order valence-corrected chi connectivity index (χ1v) is 16.0. The minimum absolute atomic E-state index is 0.0815. The maximum absolute atomic E-state index is 13.7. The van der Waals surface area contributed by atoms with Crippen molar-refractivity contribution in [1.29, 1.82) is 0 Å². The molecule has 1 aromatic carbocycles. The molecular weight excluding hydrogens is 911 g/mol. The van der Waals surface area contributed by atoms with Gasteiger partial charge in [0.1, 0.15) is 6.10 Å². The molecule has 1 aromatic rings. The van der Waals surface area contributed by atoms with Crippen LogP contribution in [0, 0.1) is 22.5 Å². The number of halogens is 3. The summed E-state index contributed by atoms with van der Waals surface area (Å²) in [5.41, 5.74) is 0.281. The van der Waals surface area contributed by atoms with Gasteiger partial charge in [0.25, 0.3) is 5.91 Å². The molecule has 0 bridgehead atoms. The molecule has 43 heavy (non-hydrogen) atoms. The van der Waals surface area contributed by atoms with Crippen molar-refractivity contribution in [3.63, 3.8) is 0 Å². The Labute approximate surface area is 289 Å². The van der Waals surface area contributed by atoms with Crippen molar-refractivity contribution in [2.24, 2.45) is 11.8 Å². The third kappa shape index (κ3) is 13.3. The Morgan fingerprint density at radius 3 is 1.19 bits per heavy atom. The molecule has 0 aliphatic heterocycles. The second-order valence-corrected chi connectivity index (χ2v) is 12.7. The molecular formula is C27H32I3NO12. The van der Waals surface area contributed by atoms with Gasteiger partial charge in [-0.05, 0) is 74.7 Å². The van der Waals surface area contributed by atoms with Crippen molar-refractivity contribution < 1.29 is 57.6 Å². The number of amides is 1. The first kappa shape index (κ1) is 39.1. The highest BCUT2D eigenvalue weighted by molar-refractivity contribution is 14.1. The number of ketones is 2. The molecule has 0 unspecified atom stereocenters. The largest absolute Gasteiger partial charge is 0.465 e. The van der Waals surface area contributed by atoms with E-state index in [4.69, 9.17) is 18.9 Å². The average Bonchev–Trinajstić information content (AvgIpc) is 2.89. The van der Waals surface area contributed by atoms with Gasteiger partial charge in [-0.1, -0.05) is 0 Å². The molecule has 0 fully saturated rings. The predicted molar refractivity (Wildman–Crippen MR) is 176 cm³/mol. The number of hydrogen-bond donors (Lipinski definition) is 2. The summed E-state index contributed by atoms with van der Waals surface area (Å²) in [6, 6.07) is 0. The Morgan fingerprint density at radius 1 is 0.628 bits per heavy atom. The van der Waals surface area contributed by atoms with E-state index in [1.807, 2.05) is 67.8 Å². The molecule has 0 aliphatic rings. The average molecular weight is 943 g/mol. The van der Waals surface area contributed by atoms with Crippen LogP contribution >= 0.6 is 67.8 Å². The van der Waals surface area contributed by atoms with E-state index in [1.165, 1.54) is 34.6 Å². The van der Waals surface area contributed by atoms with E-state index in [1.54, 1.807) is 0 Å². The van der Waals surface area contributed by atoms with Crippen molar-refractivity contribution >= 4 is 115 Å². The Bertz CT molecular complexity index is 1150. The monoisotopic (exact) mass is 943 g/mol. The van der Waals surface area contributed by atoms with Crippen molar-refractivity contribution in [3.05, 3.63) is 21.8 Å². The zero-order valence-electron chi connectivity index (χ0n) is 24.0. The summed E-state index contributed by atoms with van der Waals surface area (Å²) in [6.45, 7) is 5.19. The van der Waals surface area contributed by atoms with E-state index in [-0.39, 0.29) is 66.8 Å². The zero-order valence-corrected chi connectivity index (χ0v) is 30.5. The van der Waals surface area contributed by atoms with Crippen LogP contribution in [-0.4, -0.2) is 79.0 Å². The highest BCUT2D eigenvalue weighted by Gasteiger charge is 2.31. The molecule has 0 spiro atoms. The third-order valence-electron chi connectivity index (χ3n) is 5.54. The maximum Gasteiger partial charge on any atom is 0.302 e. The SMILES string of the molecule is CC(=O)OCC(COC(C)=O)CC(=O)c1c(I)c(NC(=O)[C@H](C)O)c(I)c(C(=O)CC(COC(C)=O)COC(C)=O)c1I. The number of hydrogen-bond acceptors (Lipinski definition) is 12. The summed E-state index contributed by atoms with van der Waals surface area (Å²) in [7, 11) is 0. The van der Waals surface area contributed by atoms with Crippen LogP contribution in [0.5, 0.6) is 0 Å². The van der Waals surface area contributed by atoms with Crippen molar-refractivity contribution in [1.82, 2.24) is 0 Å². The second-order valence-electron chi connectivity index (χ2n) is 9.43. The normalized spacial score (nSPS) is 11.5. The number of nitrogens with one attached hydrogen (secondary N) is 1. The molecule has 1 amide bonds. The van der Waals surface area contributed by atoms with Gasteiger partial charge in [0.2, 0.25) is 0 Å². The molecule has 0 aliphatic carbocycles. The molecule has 238 valence electrons. The number of anilines is 1. The van der Waals surface area contributed by atoms with Gasteiger partial charge in [-0.25, -0.2) is 0 Å². The van der Waals surface area contributed by atoms with Crippen LogP contribution in [0.2, 0.25) is 0 Å². The third-order valence-corrected chi connectivity index (χ3v) is 8.78. The summed E-state index contributed by atoms with van der Waals surface area (Å²) in [4.78, 5) is 85.5. The van der Waals surface area contributed by atoms with Crippen molar-refractivity contribution in [2.45, 2.75) is 53.6 Å². The van der Waals surface area contributed by atoms with Crippen LogP contribution in [0.15, 0.2) is 0 Å². The molecule has 0 aromatic heterocycles. The van der Waals surface area contributed by atoms with Gasteiger partial charge in [0.05, 0.1) is 32.1 Å². The first-order valence-electron chi connectivity index (χ1n) is 12.7. The molecule has 16 heteroatoms. The quantitative estimate of drug-likeness (QED) is 0.107. The molecule has 0 radical (unpaired) electrons. The van der Waals surface area contributed by atoms with Gasteiger partial charge in [-0.15, -0.1) is 0 Å². The molecule has 0 saturated heterocycles. The van der Waals surface area contributed by atoms with E-state index >= 15 is 0 Å². The second kappa shape index (κ2) is 18.8. The number of aliphatic hydroxyl groups excluding tert-OH is 1. The van der Waals surface area contributed by atoms with E-state index in [0.29, 0.717) is 0 Å². The predicted octanol–water partition coefficient (Wildman–Crippen LogP) is 3.45. The van der Waals surface area contributed by atoms with Gasteiger partial charge in [0.15, 0.2) is 11.6 Å². The lowest BCUT2D eigenvalue weighted by atomic mass is 9.94. The van der Waals surface area contributed by atoms with E-state index in [0.717, 1.165) is 0 Å². The number of carbonyl (C=O) groups is 7. The van der Waals surface area contributed by atoms with Gasteiger partial charge in [-0.2, -0.15) is 0 Å². The van der Waals surface area contributed by atoms with E-state index in [9.17, 15) is 38.7 Å². The van der Waals surface area contributed by atoms with Crippen LogP contribution in [0.25, 0.3) is 0 Å². The van der Waals surface area contributed by atoms with Crippen molar-refractivity contribution in [2.75, 3.05) is 31.7 Å². The molecule has 0 heterocycles. The van der Waals surface area contributed by atoms with Crippen LogP contribution in [-0.2, 0) is 42.9 Å². The highest BCUT2D eigenvalue weighted by atomic mass is 127.